The molecule has 1 aliphatic rings. The summed E-state index contributed by atoms with van der Waals surface area (Å²) in [7, 11) is -1.80. The van der Waals surface area contributed by atoms with Crippen LogP contribution in [-0.4, -0.2) is 55.2 Å². The van der Waals surface area contributed by atoms with Crippen molar-refractivity contribution in [1.82, 2.24) is 14.2 Å². The number of pyridine rings is 1. The van der Waals surface area contributed by atoms with Crippen molar-refractivity contribution in [1.29, 1.82) is 0 Å². The predicted octanol–water partition coefficient (Wildman–Crippen LogP) is 2.16. The van der Waals surface area contributed by atoms with Gasteiger partial charge < -0.3 is 4.90 Å². The molecule has 3 rings (SSSR count). The zero-order valence-corrected chi connectivity index (χ0v) is 17.4. The Labute approximate surface area is 167 Å². The molecule has 1 aromatic carbocycles. The van der Waals surface area contributed by atoms with Gasteiger partial charge in [-0.3, -0.25) is 9.78 Å². The van der Waals surface area contributed by atoms with E-state index in [0.717, 1.165) is 22.4 Å². The number of nitrogens with zero attached hydrogens (tertiary/aromatic N) is 3. The standard InChI is InChI=1S/C21H27N3O3S/c1-16-7-8-18(12-17(16)2)15-28(26,27)24-11-10-23(3)21(25)19(14-24)13-20-6-4-5-9-22-20/h4-9,12,19H,10-11,13-15H2,1-3H3/t19-/m1/s1. The Morgan fingerprint density at radius 3 is 2.57 bits per heavy atom. The fraction of sp³-hybridized carbons (Fsp3) is 0.429. The lowest BCUT2D eigenvalue weighted by Crippen LogP contribution is -2.38. The van der Waals surface area contributed by atoms with Crippen molar-refractivity contribution in [3.8, 4) is 0 Å². The van der Waals surface area contributed by atoms with Gasteiger partial charge in [-0.25, -0.2) is 8.42 Å². The summed E-state index contributed by atoms with van der Waals surface area (Å²) in [6.07, 6.45) is 2.12. The molecule has 28 heavy (non-hydrogen) atoms. The van der Waals surface area contributed by atoms with Gasteiger partial charge in [0, 0.05) is 45.0 Å². The van der Waals surface area contributed by atoms with E-state index >= 15 is 0 Å². The summed E-state index contributed by atoms with van der Waals surface area (Å²) in [6.45, 7) is 4.88. The maximum atomic E-state index is 13.1. The van der Waals surface area contributed by atoms with E-state index in [1.165, 1.54) is 4.31 Å². The highest BCUT2D eigenvalue weighted by atomic mass is 32.2. The van der Waals surface area contributed by atoms with Gasteiger partial charge in [-0.2, -0.15) is 4.31 Å². The highest BCUT2D eigenvalue weighted by Gasteiger charge is 2.34. The molecule has 0 unspecified atom stereocenters. The molecule has 0 spiro atoms. The van der Waals surface area contributed by atoms with E-state index in [-0.39, 0.29) is 18.2 Å². The summed E-state index contributed by atoms with van der Waals surface area (Å²) in [4.78, 5) is 18.7. The van der Waals surface area contributed by atoms with Gasteiger partial charge in [-0.15, -0.1) is 0 Å². The van der Waals surface area contributed by atoms with Crippen molar-refractivity contribution in [3.05, 3.63) is 65.0 Å². The van der Waals surface area contributed by atoms with E-state index in [1.54, 1.807) is 18.1 Å². The quantitative estimate of drug-likeness (QED) is 0.770. The van der Waals surface area contributed by atoms with Crippen LogP contribution < -0.4 is 0 Å². The smallest absolute Gasteiger partial charge is 0.227 e. The van der Waals surface area contributed by atoms with Crippen LogP contribution in [0.25, 0.3) is 0 Å². The first-order valence-corrected chi connectivity index (χ1v) is 11.1. The number of carbonyl (C=O) groups is 1. The predicted molar refractivity (Wildman–Crippen MR) is 109 cm³/mol. The number of aromatic nitrogens is 1. The zero-order chi connectivity index (χ0) is 20.3. The molecule has 1 amide bonds. The molecule has 0 N–H and O–H groups in total. The molecule has 1 fully saturated rings. The van der Waals surface area contributed by atoms with E-state index in [9.17, 15) is 13.2 Å². The average Bonchev–Trinajstić information content (AvgIpc) is 2.79. The van der Waals surface area contributed by atoms with Crippen molar-refractivity contribution >= 4 is 15.9 Å². The molecule has 7 heteroatoms. The molecule has 0 aliphatic carbocycles. The van der Waals surface area contributed by atoms with Crippen LogP contribution in [0.3, 0.4) is 0 Å². The van der Waals surface area contributed by atoms with Crippen molar-refractivity contribution in [2.24, 2.45) is 5.92 Å². The van der Waals surface area contributed by atoms with Gasteiger partial charge in [0.1, 0.15) is 0 Å². The SMILES string of the molecule is Cc1ccc(CS(=O)(=O)N2CCN(C)C(=O)[C@H](Cc3ccccn3)C2)cc1C. The Morgan fingerprint density at radius 2 is 1.89 bits per heavy atom. The van der Waals surface area contributed by atoms with Gasteiger partial charge in [-0.1, -0.05) is 24.3 Å². The molecule has 2 heterocycles. The number of amides is 1. The Hall–Kier alpha value is -2.25. The minimum atomic E-state index is -3.53. The van der Waals surface area contributed by atoms with Crippen LogP contribution >= 0.6 is 0 Å². The third-order valence-corrected chi connectivity index (χ3v) is 7.15. The number of rotatable bonds is 5. The summed E-state index contributed by atoms with van der Waals surface area (Å²) in [6, 6.07) is 11.3. The van der Waals surface area contributed by atoms with Gasteiger partial charge in [0.2, 0.25) is 15.9 Å². The molecule has 0 radical (unpaired) electrons. The number of hydrogen-bond acceptors (Lipinski definition) is 4. The van der Waals surface area contributed by atoms with Crippen molar-refractivity contribution in [3.63, 3.8) is 0 Å². The highest BCUT2D eigenvalue weighted by molar-refractivity contribution is 7.88. The molecule has 1 atom stereocenters. The zero-order valence-electron chi connectivity index (χ0n) is 16.6. The Bertz CT molecular complexity index is 945. The third-order valence-electron chi connectivity index (χ3n) is 5.33. The molecule has 6 nitrogen and oxygen atoms in total. The molecule has 1 aliphatic heterocycles. The van der Waals surface area contributed by atoms with Crippen LogP contribution in [0.1, 0.15) is 22.4 Å². The second kappa shape index (κ2) is 8.41. The molecular formula is C21H27N3O3S. The summed E-state index contributed by atoms with van der Waals surface area (Å²) < 4.78 is 27.7. The highest BCUT2D eigenvalue weighted by Crippen LogP contribution is 2.20. The summed E-state index contributed by atoms with van der Waals surface area (Å²) in [5.41, 5.74) is 3.78. The third kappa shape index (κ3) is 4.77. The molecule has 1 saturated heterocycles. The first kappa shape index (κ1) is 20.5. The van der Waals surface area contributed by atoms with Crippen LogP contribution in [0.5, 0.6) is 0 Å². The first-order valence-electron chi connectivity index (χ1n) is 9.45. The van der Waals surface area contributed by atoms with E-state index < -0.39 is 15.9 Å². The lowest BCUT2D eigenvalue weighted by Gasteiger charge is -2.23. The Balaban J connectivity index is 1.81. The maximum Gasteiger partial charge on any atom is 0.227 e. The first-order chi connectivity index (χ1) is 13.3. The summed E-state index contributed by atoms with van der Waals surface area (Å²) in [5, 5.41) is 0. The largest absolute Gasteiger partial charge is 0.344 e. The van der Waals surface area contributed by atoms with Crippen LogP contribution in [-0.2, 0) is 27.0 Å². The van der Waals surface area contributed by atoms with Crippen molar-refractivity contribution < 1.29 is 13.2 Å². The fourth-order valence-corrected chi connectivity index (χ4v) is 5.02. The average molecular weight is 402 g/mol. The minimum Gasteiger partial charge on any atom is -0.344 e. The molecule has 0 bridgehead atoms. The lowest BCUT2D eigenvalue weighted by molar-refractivity contribution is -0.133. The van der Waals surface area contributed by atoms with E-state index in [0.29, 0.717) is 19.5 Å². The minimum absolute atomic E-state index is 0.0328. The molecule has 0 saturated carbocycles. The van der Waals surface area contributed by atoms with Crippen LogP contribution in [0, 0.1) is 19.8 Å². The van der Waals surface area contributed by atoms with Gasteiger partial charge in [0.15, 0.2) is 0 Å². The topological polar surface area (TPSA) is 70.6 Å². The molecular weight excluding hydrogens is 374 g/mol. The van der Waals surface area contributed by atoms with Crippen LogP contribution in [0.4, 0.5) is 0 Å². The van der Waals surface area contributed by atoms with Crippen molar-refractivity contribution in [2.75, 3.05) is 26.7 Å². The number of benzene rings is 1. The van der Waals surface area contributed by atoms with Crippen molar-refractivity contribution in [2.45, 2.75) is 26.0 Å². The fourth-order valence-electron chi connectivity index (χ4n) is 3.47. The second-order valence-electron chi connectivity index (χ2n) is 7.51. The molecule has 1 aromatic heterocycles. The number of carbonyl (C=O) groups excluding carboxylic acids is 1. The molecule has 150 valence electrons. The van der Waals surface area contributed by atoms with E-state index in [1.807, 2.05) is 50.2 Å². The van der Waals surface area contributed by atoms with Gasteiger partial charge in [-0.05, 0) is 42.7 Å². The van der Waals surface area contributed by atoms with Gasteiger partial charge in [0.25, 0.3) is 0 Å². The van der Waals surface area contributed by atoms with Gasteiger partial charge >= 0.3 is 0 Å². The summed E-state index contributed by atoms with van der Waals surface area (Å²) >= 11 is 0. The van der Waals surface area contributed by atoms with E-state index in [2.05, 4.69) is 4.98 Å². The Morgan fingerprint density at radius 1 is 1.11 bits per heavy atom. The molecule has 2 aromatic rings. The number of aryl methyl sites for hydroxylation is 2. The number of hydrogen-bond donors (Lipinski definition) is 0. The van der Waals surface area contributed by atoms with Crippen LogP contribution in [0.2, 0.25) is 0 Å². The number of likely N-dealkylation sites (N-methyl/N-ethyl adjacent to an activating group) is 1. The normalized spacial score (nSPS) is 18.9. The Kier molecular flexibility index (Phi) is 6.15. The maximum absolute atomic E-state index is 13.1. The monoisotopic (exact) mass is 401 g/mol. The summed E-state index contributed by atoms with van der Waals surface area (Å²) in [5.74, 6) is -0.519. The van der Waals surface area contributed by atoms with E-state index in [4.69, 9.17) is 0 Å². The van der Waals surface area contributed by atoms with Gasteiger partial charge in [0.05, 0.1) is 11.7 Å². The van der Waals surface area contributed by atoms with Crippen LogP contribution in [0.15, 0.2) is 42.6 Å². The second-order valence-corrected chi connectivity index (χ2v) is 9.48. The number of sulfonamides is 1. The lowest BCUT2D eigenvalue weighted by atomic mass is 10.0.